The first-order valence-electron chi connectivity index (χ1n) is 8.34. The third kappa shape index (κ3) is 3.76. The highest BCUT2D eigenvalue weighted by molar-refractivity contribution is 5.48. The van der Waals surface area contributed by atoms with E-state index < -0.39 is 0 Å². The van der Waals surface area contributed by atoms with Gasteiger partial charge in [0, 0.05) is 24.8 Å². The molecule has 2 nitrogen and oxygen atoms in total. The normalized spacial score (nSPS) is 19.9. The van der Waals surface area contributed by atoms with Crippen LogP contribution in [0.5, 0.6) is 0 Å². The summed E-state index contributed by atoms with van der Waals surface area (Å²) < 4.78 is 0. The SMILES string of the molecule is CCNC(C)c1ccc(N(CC2CC2)CC2CC2)cc1. The summed E-state index contributed by atoms with van der Waals surface area (Å²) in [4.78, 5) is 2.64. The van der Waals surface area contributed by atoms with Crippen LogP contribution in [-0.4, -0.2) is 19.6 Å². The zero-order valence-corrected chi connectivity index (χ0v) is 12.9. The molecule has 2 heteroatoms. The van der Waals surface area contributed by atoms with Gasteiger partial charge in [0.15, 0.2) is 0 Å². The van der Waals surface area contributed by atoms with Crippen LogP contribution in [0.15, 0.2) is 24.3 Å². The second-order valence-corrected chi connectivity index (χ2v) is 6.66. The summed E-state index contributed by atoms with van der Waals surface area (Å²) in [5, 5.41) is 3.48. The maximum Gasteiger partial charge on any atom is 0.0366 e. The maximum absolute atomic E-state index is 3.48. The van der Waals surface area contributed by atoms with Crippen molar-refractivity contribution in [1.82, 2.24) is 5.32 Å². The molecule has 0 amide bonds. The summed E-state index contributed by atoms with van der Waals surface area (Å²) in [6.07, 6.45) is 5.76. The molecule has 0 aromatic heterocycles. The first-order valence-corrected chi connectivity index (χ1v) is 8.34. The number of rotatable bonds is 8. The van der Waals surface area contributed by atoms with E-state index >= 15 is 0 Å². The van der Waals surface area contributed by atoms with E-state index in [9.17, 15) is 0 Å². The molecular formula is C18H28N2. The zero-order chi connectivity index (χ0) is 13.9. The van der Waals surface area contributed by atoms with Gasteiger partial charge in [0.05, 0.1) is 0 Å². The number of hydrogen-bond donors (Lipinski definition) is 1. The van der Waals surface area contributed by atoms with Crippen LogP contribution in [-0.2, 0) is 0 Å². The number of nitrogens with one attached hydrogen (secondary N) is 1. The van der Waals surface area contributed by atoms with Gasteiger partial charge in [0.1, 0.15) is 0 Å². The van der Waals surface area contributed by atoms with Crippen molar-refractivity contribution >= 4 is 5.69 Å². The van der Waals surface area contributed by atoms with Gasteiger partial charge in [0.25, 0.3) is 0 Å². The van der Waals surface area contributed by atoms with Crippen molar-refractivity contribution in [3.05, 3.63) is 29.8 Å². The van der Waals surface area contributed by atoms with Crippen molar-refractivity contribution in [2.45, 2.75) is 45.6 Å². The zero-order valence-electron chi connectivity index (χ0n) is 12.9. The van der Waals surface area contributed by atoms with Gasteiger partial charge in [-0.1, -0.05) is 19.1 Å². The van der Waals surface area contributed by atoms with Gasteiger partial charge in [-0.3, -0.25) is 0 Å². The van der Waals surface area contributed by atoms with Crippen molar-refractivity contribution in [2.24, 2.45) is 11.8 Å². The smallest absolute Gasteiger partial charge is 0.0366 e. The van der Waals surface area contributed by atoms with Crippen LogP contribution in [0, 0.1) is 11.8 Å². The molecule has 1 aromatic rings. The topological polar surface area (TPSA) is 15.3 Å². The maximum atomic E-state index is 3.48. The molecule has 2 aliphatic rings. The minimum absolute atomic E-state index is 0.453. The molecule has 1 unspecified atom stereocenters. The van der Waals surface area contributed by atoms with Crippen LogP contribution >= 0.6 is 0 Å². The van der Waals surface area contributed by atoms with Crippen LogP contribution in [0.1, 0.15) is 51.1 Å². The Morgan fingerprint density at radius 3 is 2.05 bits per heavy atom. The summed E-state index contributed by atoms with van der Waals surface area (Å²) in [6.45, 7) is 7.98. The molecule has 0 bridgehead atoms. The van der Waals surface area contributed by atoms with Gasteiger partial charge in [0.2, 0.25) is 0 Å². The van der Waals surface area contributed by atoms with Crippen LogP contribution in [0.4, 0.5) is 5.69 Å². The summed E-state index contributed by atoms with van der Waals surface area (Å²) in [5.41, 5.74) is 2.82. The molecule has 0 spiro atoms. The molecule has 1 atom stereocenters. The molecule has 2 saturated carbocycles. The van der Waals surface area contributed by atoms with Crippen molar-refractivity contribution in [1.29, 1.82) is 0 Å². The number of anilines is 1. The van der Waals surface area contributed by atoms with Crippen LogP contribution in [0.25, 0.3) is 0 Å². The van der Waals surface area contributed by atoms with Crippen LogP contribution in [0.2, 0.25) is 0 Å². The predicted molar refractivity (Wildman–Crippen MR) is 86.2 cm³/mol. The lowest BCUT2D eigenvalue weighted by Gasteiger charge is -2.25. The molecule has 1 aromatic carbocycles. The van der Waals surface area contributed by atoms with Crippen molar-refractivity contribution in [3.63, 3.8) is 0 Å². The highest BCUT2D eigenvalue weighted by Crippen LogP contribution is 2.35. The molecule has 1 N–H and O–H groups in total. The van der Waals surface area contributed by atoms with Gasteiger partial charge in [-0.2, -0.15) is 0 Å². The molecule has 0 aliphatic heterocycles. The molecule has 0 radical (unpaired) electrons. The Hall–Kier alpha value is -1.02. The first-order chi connectivity index (χ1) is 9.76. The standard InChI is InChI=1S/C18H28N2/c1-3-19-14(2)17-8-10-18(11-9-17)20(12-15-4-5-15)13-16-6-7-16/h8-11,14-16,19H,3-7,12-13H2,1-2H3. The second kappa shape index (κ2) is 6.17. The van der Waals surface area contributed by atoms with Gasteiger partial charge in [-0.05, 0) is 68.7 Å². The Morgan fingerprint density at radius 2 is 1.60 bits per heavy atom. The molecule has 2 aliphatic carbocycles. The summed E-state index contributed by atoms with van der Waals surface area (Å²) in [7, 11) is 0. The number of hydrogen-bond acceptors (Lipinski definition) is 2. The molecule has 0 heterocycles. The lowest BCUT2D eigenvalue weighted by atomic mass is 10.1. The van der Waals surface area contributed by atoms with E-state index in [0.29, 0.717) is 6.04 Å². The molecule has 110 valence electrons. The Kier molecular flexibility index (Phi) is 4.30. The Balaban J connectivity index is 1.66. The van der Waals surface area contributed by atoms with E-state index in [-0.39, 0.29) is 0 Å². The van der Waals surface area contributed by atoms with E-state index in [0.717, 1.165) is 18.4 Å². The third-order valence-corrected chi connectivity index (χ3v) is 4.62. The Morgan fingerprint density at radius 1 is 1.05 bits per heavy atom. The van der Waals surface area contributed by atoms with Gasteiger partial charge >= 0.3 is 0 Å². The summed E-state index contributed by atoms with van der Waals surface area (Å²) in [6, 6.07) is 9.71. The lowest BCUT2D eigenvalue weighted by Crippen LogP contribution is -2.28. The van der Waals surface area contributed by atoms with Crippen molar-refractivity contribution < 1.29 is 0 Å². The molecule has 20 heavy (non-hydrogen) atoms. The fraction of sp³-hybridized carbons (Fsp3) is 0.667. The third-order valence-electron chi connectivity index (χ3n) is 4.62. The summed E-state index contributed by atoms with van der Waals surface area (Å²) >= 11 is 0. The van der Waals surface area contributed by atoms with E-state index in [1.807, 2.05) is 0 Å². The molecule has 2 fully saturated rings. The van der Waals surface area contributed by atoms with Crippen LogP contribution < -0.4 is 10.2 Å². The molecule has 3 rings (SSSR count). The second-order valence-electron chi connectivity index (χ2n) is 6.66. The fourth-order valence-electron chi connectivity index (χ4n) is 2.91. The van der Waals surface area contributed by atoms with Gasteiger partial charge in [-0.15, -0.1) is 0 Å². The predicted octanol–water partition coefficient (Wildman–Crippen LogP) is 3.98. The highest BCUT2D eigenvalue weighted by atomic mass is 15.1. The summed E-state index contributed by atoms with van der Waals surface area (Å²) in [5.74, 6) is 1.93. The minimum Gasteiger partial charge on any atom is -0.371 e. The van der Waals surface area contributed by atoms with Gasteiger partial charge in [-0.25, -0.2) is 0 Å². The van der Waals surface area contributed by atoms with E-state index in [4.69, 9.17) is 0 Å². The minimum atomic E-state index is 0.453. The lowest BCUT2D eigenvalue weighted by molar-refractivity contribution is 0.598. The van der Waals surface area contributed by atoms with Gasteiger partial charge < -0.3 is 10.2 Å². The quantitative estimate of drug-likeness (QED) is 0.770. The van der Waals surface area contributed by atoms with E-state index in [2.05, 4.69) is 48.3 Å². The monoisotopic (exact) mass is 272 g/mol. The number of benzene rings is 1. The van der Waals surface area contributed by atoms with Crippen molar-refractivity contribution in [3.8, 4) is 0 Å². The Labute approximate surface area is 123 Å². The van der Waals surface area contributed by atoms with Crippen LogP contribution in [0.3, 0.4) is 0 Å². The fourth-order valence-corrected chi connectivity index (χ4v) is 2.91. The average Bonchev–Trinajstić information content (AvgIpc) is 3.34. The van der Waals surface area contributed by atoms with Crippen molar-refractivity contribution in [2.75, 3.05) is 24.5 Å². The molecular weight excluding hydrogens is 244 g/mol. The largest absolute Gasteiger partial charge is 0.371 e. The highest BCUT2D eigenvalue weighted by Gasteiger charge is 2.29. The Bertz CT molecular complexity index is 404. The molecule has 0 saturated heterocycles. The van der Waals surface area contributed by atoms with E-state index in [1.165, 1.54) is 50.0 Å². The number of nitrogens with zero attached hydrogens (tertiary/aromatic N) is 1. The van der Waals surface area contributed by atoms with E-state index in [1.54, 1.807) is 0 Å². The first kappa shape index (κ1) is 13.9. The average molecular weight is 272 g/mol.